The predicted octanol–water partition coefficient (Wildman–Crippen LogP) is 3.40. The number of allylic oxidation sites excluding steroid dienone is 1. The van der Waals surface area contributed by atoms with Crippen molar-refractivity contribution in [2.75, 3.05) is 20.3 Å². The number of hydrogen-bond donors (Lipinski definition) is 1. The lowest BCUT2D eigenvalue weighted by molar-refractivity contribution is -0.492. The summed E-state index contributed by atoms with van der Waals surface area (Å²) in [6.07, 6.45) is 8.30. The lowest BCUT2D eigenvalue weighted by atomic mass is 9.80. The quantitative estimate of drug-likeness (QED) is 0.618. The van der Waals surface area contributed by atoms with Crippen LogP contribution in [0.25, 0.3) is 0 Å². The second-order valence-electron chi connectivity index (χ2n) is 6.15. The lowest BCUT2D eigenvalue weighted by Gasteiger charge is -2.29. The van der Waals surface area contributed by atoms with Crippen LogP contribution in [0.1, 0.15) is 42.4 Å². The molecule has 3 heteroatoms. The maximum absolute atomic E-state index is 9.67. The maximum atomic E-state index is 9.67. The molecular formula is C20H28NO2+. The third-order valence-corrected chi connectivity index (χ3v) is 4.40. The Kier molecular flexibility index (Phi) is 6.31. The molecule has 2 atom stereocenters. The van der Waals surface area contributed by atoms with E-state index in [1.165, 1.54) is 16.7 Å². The van der Waals surface area contributed by atoms with E-state index in [0.717, 1.165) is 18.4 Å². The summed E-state index contributed by atoms with van der Waals surface area (Å²) in [7, 11) is 1.73. The van der Waals surface area contributed by atoms with E-state index in [1.54, 1.807) is 7.11 Å². The van der Waals surface area contributed by atoms with E-state index in [-0.39, 0.29) is 18.6 Å². The number of hydrogen-bond acceptors (Lipinski definition) is 2. The molecule has 0 aromatic heterocycles. The highest BCUT2D eigenvalue weighted by Gasteiger charge is 2.38. The van der Waals surface area contributed by atoms with Gasteiger partial charge in [0.15, 0.2) is 18.5 Å². The Hall–Kier alpha value is -1.71. The SMILES string of the molecule is C=C(CO)C1C(CCOC)c2ccc(C)cc2C=[N+]1/C=C\CC. The van der Waals surface area contributed by atoms with Crippen molar-refractivity contribution in [2.45, 2.75) is 38.6 Å². The molecular weight excluding hydrogens is 286 g/mol. The van der Waals surface area contributed by atoms with Crippen LogP contribution in [0.4, 0.5) is 0 Å². The standard InChI is InChI=1S/C20H28NO2/c1-5-6-10-21-13-17-12-15(2)7-8-18(17)19(9-11-23-4)20(21)16(3)14-22/h6-8,10,12-13,19-20,22H,3,5,9,11,14H2,1-2,4H3/q+1/b10-6-. The highest BCUT2D eigenvalue weighted by atomic mass is 16.5. The van der Waals surface area contributed by atoms with Crippen molar-refractivity contribution in [2.24, 2.45) is 0 Å². The molecule has 1 aromatic carbocycles. The molecule has 0 spiro atoms. The number of aryl methyl sites for hydroxylation is 1. The fraction of sp³-hybridized carbons (Fsp3) is 0.450. The first-order chi connectivity index (χ1) is 11.1. The molecule has 0 amide bonds. The molecule has 0 fully saturated rings. The third-order valence-electron chi connectivity index (χ3n) is 4.40. The molecule has 124 valence electrons. The van der Waals surface area contributed by atoms with Crippen molar-refractivity contribution in [3.05, 3.63) is 59.3 Å². The average molecular weight is 314 g/mol. The van der Waals surface area contributed by atoms with Crippen LogP contribution in [0.3, 0.4) is 0 Å². The van der Waals surface area contributed by atoms with Gasteiger partial charge >= 0.3 is 0 Å². The number of benzene rings is 1. The monoisotopic (exact) mass is 314 g/mol. The zero-order valence-corrected chi connectivity index (χ0v) is 14.5. The van der Waals surface area contributed by atoms with Crippen molar-refractivity contribution in [1.82, 2.24) is 0 Å². The number of aliphatic hydroxyl groups excluding tert-OH is 1. The van der Waals surface area contributed by atoms with Crippen LogP contribution >= 0.6 is 0 Å². The van der Waals surface area contributed by atoms with Crippen LogP contribution in [0.2, 0.25) is 0 Å². The van der Waals surface area contributed by atoms with Gasteiger partial charge in [-0.15, -0.1) is 0 Å². The van der Waals surface area contributed by atoms with Gasteiger partial charge in [-0.2, -0.15) is 4.58 Å². The Morgan fingerprint density at radius 3 is 2.87 bits per heavy atom. The highest BCUT2D eigenvalue weighted by molar-refractivity contribution is 5.80. The van der Waals surface area contributed by atoms with E-state index in [2.05, 4.69) is 61.7 Å². The van der Waals surface area contributed by atoms with Gasteiger partial charge in [0.25, 0.3) is 0 Å². The molecule has 3 nitrogen and oxygen atoms in total. The molecule has 2 unspecified atom stereocenters. The van der Waals surface area contributed by atoms with E-state index in [9.17, 15) is 5.11 Å². The largest absolute Gasteiger partial charge is 0.392 e. The number of fused-ring (bicyclic) bond motifs is 1. The molecule has 1 heterocycles. The number of aliphatic hydroxyl groups is 1. The summed E-state index contributed by atoms with van der Waals surface area (Å²) >= 11 is 0. The van der Waals surface area contributed by atoms with E-state index < -0.39 is 0 Å². The van der Waals surface area contributed by atoms with Gasteiger partial charge < -0.3 is 9.84 Å². The summed E-state index contributed by atoms with van der Waals surface area (Å²) in [5.74, 6) is 0.261. The highest BCUT2D eigenvalue weighted by Crippen LogP contribution is 2.34. The van der Waals surface area contributed by atoms with Crippen LogP contribution < -0.4 is 0 Å². The van der Waals surface area contributed by atoms with Gasteiger partial charge in [-0.25, -0.2) is 0 Å². The third kappa shape index (κ3) is 3.98. The van der Waals surface area contributed by atoms with Crippen molar-refractivity contribution >= 4 is 6.21 Å². The first-order valence-electron chi connectivity index (χ1n) is 8.29. The van der Waals surface area contributed by atoms with Gasteiger partial charge in [0, 0.05) is 24.9 Å². The van der Waals surface area contributed by atoms with Crippen molar-refractivity contribution in [3.63, 3.8) is 0 Å². The van der Waals surface area contributed by atoms with Gasteiger partial charge in [0.1, 0.15) is 0 Å². The second kappa shape index (κ2) is 8.23. The zero-order chi connectivity index (χ0) is 16.8. The van der Waals surface area contributed by atoms with Gasteiger partial charge in [-0.1, -0.05) is 31.2 Å². The van der Waals surface area contributed by atoms with Crippen LogP contribution in [-0.4, -0.2) is 42.3 Å². The van der Waals surface area contributed by atoms with Crippen molar-refractivity contribution in [3.8, 4) is 0 Å². The first-order valence-corrected chi connectivity index (χ1v) is 8.29. The van der Waals surface area contributed by atoms with Crippen LogP contribution in [0, 0.1) is 6.92 Å². The summed E-state index contributed by atoms with van der Waals surface area (Å²) in [6.45, 7) is 9.05. The second-order valence-corrected chi connectivity index (χ2v) is 6.15. The Morgan fingerprint density at radius 2 is 2.22 bits per heavy atom. The van der Waals surface area contributed by atoms with E-state index in [4.69, 9.17) is 4.74 Å². The molecule has 0 saturated carbocycles. The molecule has 23 heavy (non-hydrogen) atoms. The van der Waals surface area contributed by atoms with E-state index in [0.29, 0.717) is 6.61 Å². The van der Waals surface area contributed by atoms with Crippen LogP contribution in [0.5, 0.6) is 0 Å². The Labute approximate surface area is 139 Å². The fourth-order valence-corrected chi connectivity index (χ4v) is 3.27. The van der Waals surface area contributed by atoms with E-state index >= 15 is 0 Å². The first kappa shape index (κ1) is 17.6. The molecule has 2 rings (SSSR count). The van der Waals surface area contributed by atoms with Gasteiger partial charge in [0.05, 0.1) is 12.5 Å². The molecule has 1 aliphatic rings. The summed E-state index contributed by atoms with van der Waals surface area (Å²) in [5, 5.41) is 9.67. The summed E-state index contributed by atoms with van der Waals surface area (Å²) in [5.41, 5.74) is 4.65. The number of ether oxygens (including phenoxy) is 1. The van der Waals surface area contributed by atoms with E-state index in [1.807, 2.05) is 0 Å². The molecule has 1 aliphatic heterocycles. The summed E-state index contributed by atoms with van der Waals surface area (Å²) in [6, 6.07) is 6.65. The molecule has 0 saturated heterocycles. The van der Waals surface area contributed by atoms with Gasteiger partial charge in [-0.05, 0) is 37.5 Å². The molecule has 0 aliphatic carbocycles. The van der Waals surface area contributed by atoms with Crippen molar-refractivity contribution < 1.29 is 14.4 Å². The summed E-state index contributed by atoms with van der Waals surface area (Å²) in [4.78, 5) is 0. The minimum atomic E-state index is -0.000349. The smallest absolute Gasteiger partial charge is 0.188 e. The molecule has 1 N–H and O–H groups in total. The Morgan fingerprint density at radius 1 is 1.43 bits per heavy atom. The zero-order valence-electron chi connectivity index (χ0n) is 14.5. The summed E-state index contributed by atoms with van der Waals surface area (Å²) < 4.78 is 7.52. The average Bonchev–Trinajstić information content (AvgIpc) is 2.56. The Bertz CT molecular complexity index is 616. The van der Waals surface area contributed by atoms with Crippen molar-refractivity contribution in [1.29, 1.82) is 0 Å². The normalized spacial score (nSPS) is 20.4. The molecule has 0 bridgehead atoms. The minimum absolute atomic E-state index is 0.000349. The molecule has 1 aromatic rings. The number of rotatable bonds is 7. The predicted molar refractivity (Wildman–Crippen MR) is 95.3 cm³/mol. The van der Waals surface area contributed by atoms with Crippen LogP contribution in [0.15, 0.2) is 42.6 Å². The topological polar surface area (TPSA) is 32.5 Å². The Balaban J connectivity index is 2.53. The van der Waals surface area contributed by atoms with Gasteiger partial charge in [-0.3, -0.25) is 0 Å². The number of nitrogens with zero attached hydrogens (tertiary/aromatic N) is 1. The maximum Gasteiger partial charge on any atom is 0.188 e. The van der Waals surface area contributed by atoms with Crippen LogP contribution in [-0.2, 0) is 4.74 Å². The number of methoxy groups -OCH3 is 1. The van der Waals surface area contributed by atoms with Gasteiger partial charge in [0.2, 0.25) is 0 Å². The fourth-order valence-electron chi connectivity index (χ4n) is 3.27. The molecule has 0 radical (unpaired) electrons. The minimum Gasteiger partial charge on any atom is -0.392 e. The lowest BCUT2D eigenvalue weighted by Crippen LogP contribution is -2.37.